The van der Waals surface area contributed by atoms with Crippen molar-refractivity contribution in [3.8, 4) is 0 Å². The van der Waals surface area contributed by atoms with Crippen molar-refractivity contribution >= 4 is 15.7 Å². The first kappa shape index (κ1) is 14.3. The van der Waals surface area contributed by atoms with E-state index >= 15 is 0 Å². The second-order valence-corrected chi connectivity index (χ2v) is 6.86. The van der Waals surface area contributed by atoms with Crippen LogP contribution < -0.4 is 10.5 Å². The number of hydrogen-bond acceptors (Lipinski definition) is 4. The molecule has 0 aliphatic heterocycles. The molecule has 1 aliphatic rings. The molecule has 0 aromatic heterocycles. The Morgan fingerprint density at radius 2 is 2.11 bits per heavy atom. The van der Waals surface area contributed by atoms with Gasteiger partial charge in [-0.05, 0) is 43.4 Å². The molecule has 2 rings (SSSR count). The summed E-state index contributed by atoms with van der Waals surface area (Å²) in [6.07, 6.45) is 2.84. The zero-order valence-corrected chi connectivity index (χ0v) is 11.8. The standard InChI is InChI=1S/C13H20N2O3S/c1-2-10-4-5-11(14)8-12(10)19(17,18)15-9-13(16)6-3-7-13/h4-5,8,15-16H,2-3,6-7,9,14H2,1H3. The molecule has 1 aromatic carbocycles. The van der Waals surface area contributed by atoms with Gasteiger partial charge in [0.1, 0.15) is 0 Å². The van der Waals surface area contributed by atoms with Crippen LogP contribution >= 0.6 is 0 Å². The maximum atomic E-state index is 12.3. The number of nitrogen functional groups attached to an aromatic ring is 1. The van der Waals surface area contributed by atoms with Crippen LogP contribution in [0.25, 0.3) is 0 Å². The zero-order chi connectivity index (χ0) is 14.1. The minimum atomic E-state index is -3.62. The van der Waals surface area contributed by atoms with Crippen LogP contribution in [0.5, 0.6) is 0 Å². The summed E-state index contributed by atoms with van der Waals surface area (Å²) in [5, 5.41) is 9.95. The van der Waals surface area contributed by atoms with Crippen LogP contribution in [0.2, 0.25) is 0 Å². The van der Waals surface area contributed by atoms with Crippen molar-refractivity contribution < 1.29 is 13.5 Å². The zero-order valence-electron chi connectivity index (χ0n) is 11.0. The Balaban J connectivity index is 2.21. The summed E-state index contributed by atoms with van der Waals surface area (Å²) in [4.78, 5) is 0.206. The number of benzene rings is 1. The van der Waals surface area contributed by atoms with Crippen LogP contribution in [0.1, 0.15) is 31.7 Å². The molecule has 19 heavy (non-hydrogen) atoms. The predicted octanol–water partition coefficient (Wildman–Crippen LogP) is 1.02. The molecule has 6 heteroatoms. The van der Waals surface area contributed by atoms with Crippen LogP contribution in [0.4, 0.5) is 5.69 Å². The van der Waals surface area contributed by atoms with Gasteiger partial charge in [-0.15, -0.1) is 0 Å². The lowest BCUT2D eigenvalue weighted by Crippen LogP contribution is -2.47. The monoisotopic (exact) mass is 284 g/mol. The maximum Gasteiger partial charge on any atom is 0.241 e. The summed E-state index contributed by atoms with van der Waals surface area (Å²) in [5.41, 5.74) is 5.92. The van der Waals surface area contributed by atoms with E-state index in [2.05, 4.69) is 4.72 Å². The van der Waals surface area contributed by atoms with Gasteiger partial charge in [-0.1, -0.05) is 13.0 Å². The van der Waals surface area contributed by atoms with Gasteiger partial charge in [0.25, 0.3) is 0 Å². The van der Waals surface area contributed by atoms with Crippen LogP contribution in [0.3, 0.4) is 0 Å². The summed E-state index contributed by atoms with van der Waals surface area (Å²) in [6.45, 7) is 1.96. The van der Waals surface area contributed by atoms with Crippen molar-refractivity contribution in [2.75, 3.05) is 12.3 Å². The lowest BCUT2D eigenvalue weighted by molar-refractivity contribution is -0.0270. The van der Waals surface area contributed by atoms with Gasteiger partial charge in [-0.2, -0.15) is 0 Å². The molecule has 1 fully saturated rings. The number of rotatable bonds is 5. The van der Waals surface area contributed by atoms with Crippen molar-refractivity contribution in [2.24, 2.45) is 0 Å². The number of hydrogen-bond donors (Lipinski definition) is 3. The van der Waals surface area contributed by atoms with Gasteiger partial charge < -0.3 is 10.8 Å². The summed E-state index contributed by atoms with van der Waals surface area (Å²) in [6, 6.07) is 4.88. The highest BCUT2D eigenvalue weighted by Crippen LogP contribution is 2.31. The van der Waals surface area contributed by atoms with E-state index in [1.54, 1.807) is 12.1 Å². The summed E-state index contributed by atoms with van der Waals surface area (Å²) >= 11 is 0. The van der Waals surface area contributed by atoms with Gasteiger partial charge in [0.2, 0.25) is 10.0 Å². The molecule has 0 heterocycles. The van der Waals surface area contributed by atoms with Crippen molar-refractivity contribution in [1.82, 2.24) is 4.72 Å². The molecule has 1 aliphatic carbocycles. The predicted molar refractivity (Wildman–Crippen MR) is 74.2 cm³/mol. The number of anilines is 1. The third-order valence-corrected chi connectivity index (χ3v) is 5.12. The molecular weight excluding hydrogens is 264 g/mol. The highest BCUT2D eigenvalue weighted by Gasteiger charge is 2.35. The molecule has 4 N–H and O–H groups in total. The van der Waals surface area contributed by atoms with E-state index in [1.807, 2.05) is 6.92 Å². The fourth-order valence-electron chi connectivity index (χ4n) is 2.18. The average Bonchev–Trinajstić information content (AvgIpc) is 2.34. The first-order chi connectivity index (χ1) is 8.86. The number of sulfonamides is 1. The van der Waals surface area contributed by atoms with Crippen molar-refractivity contribution in [2.45, 2.75) is 43.1 Å². The Morgan fingerprint density at radius 3 is 2.63 bits per heavy atom. The molecule has 5 nitrogen and oxygen atoms in total. The van der Waals surface area contributed by atoms with Crippen LogP contribution in [-0.2, 0) is 16.4 Å². The molecule has 106 valence electrons. The van der Waals surface area contributed by atoms with E-state index in [4.69, 9.17) is 5.73 Å². The van der Waals surface area contributed by atoms with Crippen LogP contribution in [0, 0.1) is 0 Å². The molecule has 1 aromatic rings. The molecule has 0 unspecified atom stereocenters. The van der Waals surface area contributed by atoms with E-state index < -0.39 is 15.6 Å². The largest absolute Gasteiger partial charge is 0.399 e. The molecule has 1 saturated carbocycles. The minimum Gasteiger partial charge on any atom is -0.399 e. The minimum absolute atomic E-state index is 0.0628. The average molecular weight is 284 g/mol. The Kier molecular flexibility index (Phi) is 3.85. The molecule has 0 atom stereocenters. The number of nitrogens with two attached hydrogens (primary N) is 1. The molecule has 0 saturated heterocycles. The highest BCUT2D eigenvalue weighted by molar-refractivity contribution is 7.89. The normalized spacial score (nSPS) is 18.0. The third-order valence-electron chi connectivity index (χ3n) is 3.64. The second kappa shape index (κ2) is 5.11. The van der Waals surface area contributed by atoms with Crippen LogP contribution in [-0.4, -0.2) is 25.7 Å². The lowest BCUT2D eigenvalue weighted by Gasteiger charge is -2.36. The fourth-order valence-corrected chi connectivity index (χ4v) is 3.65. The van der Waals surface area contributed by atoms with E-state index in [0.29, 0.717) is 24.9 Å². The molecule has 0 radical (unpaired) electrons. The van der Waals surface area contributed by atoms with E-state index in [-0.39, 0.29) is 11.4 Å². The topological polar surface area (TPSA) is 92.4 Å². The maximum absolute atomic E-state index is 12.3. The first-order valence-electron chi connectivity index (χ1n) is 6.47. The number of aryl methyl sites for hydroxylation is 1. The molecule has 0 spiro atoms. The Labute approximate surface area is 113 Å². The fraction of sp³-hybridized carbons (Fsp3) is 0.538. The second-order valence-electron chi connectivity index (χ2n) is 5.12. The van der Waals surface area contributed by atoms with Crippen molar-refractivity contribution in [3.63, 3.8) is 0 Å². The number of nitrogens with one attached hydrogen (secondary N) is 1. The third kappa shape index (κ3) is 3.08. The Morgan fingerprint density at radius 1 is 1.42 bits per heavy atom. The van der Waals surface area contributed by atoms with Crippen LogP contribution in [0.15, 0.2) is 23.1 Å². The van der Waals surface area contributed by atoms with Gasteiger partial charge in [0.15, 0.2) is 0 Å². The van der Waals surface area contributed by atoms with E-state index in [9.17, 15) is 13.5 Å². The van der Waals surface area contributed by atoms with E-state index in [0.717, 1.165) is 12.0 Å². The van der Waals surface area contributed by atoms with E-state index in [1.165, 1.54) is 6.07 Å². The molecule has 0 amide bonds. The first-order valence-corrected chi connectivity index (χ1v) is 7.95. The summed E-state index contributed by atoms with van der Waals surface area (Å²) in [5.74, 6) is 0. The van der Waals surface area contributed by atoms with Gasteiger partial charge in [-0.3, -0.25) is 0 Å². The highest BCUT2D eigenvalue weighted by atomic mass is 32.2. The van der Waals surface area contributed by atoms with Gasteiger partial charge in [-0.25, -0.2) is 13.1 Å². The Bertz CT molecular complexity index is 565. The lowest BCUT2D eigenvalue weighted by atomic mass is 9.81. The van der Waals surface area contributed by atoms with Gasteiger partial charge in [0, 0.05) is 12.2 Å². The van der Waals surface area contributed by atoms with Gasteiger partial charge in [0.05, 0.1) is 10.5 Å². The molecular formula is C13H20N2O3S. The van der Waals surface area contributed by atoms with Gasteiger partial charge >= 0.3 is 0 Å². The van der Waals surface area contributed by atoms with Crippen molar-refractivity contribution in [1.29, 1.82) is 0 Å². The summed E-state index contributed by atoms with van der Waals surface area (Å²) < 4.78 is 27.0. The molecule has 0 bridgehead atoms. The SMILES string of the molecule is CCc1ccc(N)cc1S(=O)(=O)NCC1(O)CCC1. The Hall–Kier alpha value is -1.11. The summed E-state index contributed by atoms with van der Waals surface area (Å²) in [7, 11) is -3.62. The van der Waals surface area contributed by atoms with Crippen molar-refractivity contribution in [3.05, 3.63) is 23.8 Å². The quantitative estimate of drug-likeness (QED) is 0.704. The number of aliphatic hydroxyl groups is 1. The smallest absolute Gasteiger partial charge is 0.241 e.